The molecule has 1 aromatic heterocycles. The fourth-order valence-corrected chi connectivity index (χ4v) is 5.66. The lowest BCUT2D eigenvalue weighted by molar-refractivity contribution is -0.135. The third kappa shape index (κ3) is 4.73. The summed E-state index contributed by atoms with van der Waals surface area (Å²) in [6.07, 6.45) is 10.2. The van der Waals surface area contributed by atoms with Crippen LogP contribution in [0.3, 0.4) is 0 Å². The normalized spacial score (nSPS) is 16.7. The van der Waals surface area contributed by atoms with E-state index in [9.17, 15) is 9.59 Å². The first-order valence-corrected chi connectivity index (χ1v) is 13.1. The predicted molar refractivity (Wildman–Crippen MR) is 137 cm³/mol. The molecule has 0 radical (unpaired) electrons. The van der Waals surface area contributed by atoms with Crippen LogP contribution in [0.1, 0.15) is 92.0 Å². The molecule has 2 aliphatic rings. The van der Waals surface area contributed by atoms with Gasteiger partial charge in [0.1, 0.15) is 17.1 Å². The second-order valence-electron chi connectivity index (χ2n) is 9.93. The highest BCUT2D eigenvalue weighted by Gasteiger charge is 2.34. The van der Waals surface area contributed by atoms with E-state index in [2.05, 4.69) is 19.1 Å². The number of fused-ring (bicyclic) bond motifs is 5. The first-order chi connectivity index (χ1) is 17.1. The molecule has 0 N–H and O–H groups in total. The summed E-state index contributed by atoms with van der Waals surface area (Å²) < 4.78 is 17.5. The van der Waals surface area contributed by atoms with Crippen LogP contribution in [0.2, 0.25) is 0 Å². The summed E-state index contributed by atoms with van der Waals surface area (Å²) in [6, 6.07) is 10.0. The average Bonchev–Trinajstić information content (AvgIpc) is 3.34. The Labute approximate surface area is 206 Å². The average molecular weight is 475 g/mol. The first kappa shape index (κ1) is 23.7. The molecule has 0 bridgehead atoms. The van der Waals surface area contributed by atoms with Gasteiger partial charge in [0.15, 0.2) is 0 Å². The number of hydrogen-bond acceptors (Lipinski definition) is 5. The molecule has 0 amide bonds. The lowest BCUT2D eigenvalue weighted by atomic mass is 9.82. The predicted octanol–water partition coefficient (Wildman–Crippen LogP) is 6.77. The number of hydrogen-bond donors (Lipinski definition) is 0. The molecule has 0 fully saturated rings. The van der Waals surface area contributed by atoms with Gasteiger partial charge in [-0.1, -0.05) is 51.2 Å². The summed E-state index contributed by atoms with van der Waals surface area (Å²) in [5.74, 6) is 1.07. The number of benzene rings is 2. The monoisotopic (exact) mass is 474 g/mol. The summed E-state index contributed by atoms with van der Waals surface area (Å²) in [5.41, 5.74) is 5.01. The minimum absolute atomic E-state index is 0.104. The van der Waals surface area contributed by atoms with E-state index in [0.29, 0.717) is 17.8 Å². The minimum atomic E-state index is -0.264. The van der Waals surface area contributed by atoms with Crippen LogP contribution in [-0.4, -0.2) is 12.6 Å². The number of carbonyl (C=O) groups excluding carboxylic acids is 1. The van der Waals surface area contributed by atoms with E-state index < -0.39 is 0 Å². The topological polar surface area (TPSA) is 65.7 Å². The highest BCUT2D eigenvalue weighted by molar-refractivity contribution is 5.94. The maximum absolute atomic E-state index is 12.7. The molecule has 5 heteroatoms. The molecule has 2 heterocycles. The molecule has 2 aromatic carbocycles. The second kappa shape index (κ2) is 10.3. The standard InChI is InChI=1S/C30H34O5/c1-3-4-5-6-7-8-16-33-21-14-12-20(13-15-21)24-18-26(31)35-29-27(24)19(2)17-25-28(29)22-10-9-11-23(22)30(32)34-25/h12-15,17,24H,3-11,16,18H2,1-2H3. The quantitative estimate of drug-likeness (QED) is 0.148. The van der Waals surface area contributed by atoms with Crippen LogP contribution >= 0.6 is 0 Å². The third-order valence-electron chi connectivity index (χ3n) is 7.44. The van der Waals surface area contributed by atoms with Crippen molar-refractivity contribution in [1.29, 1.82) is 0 Å². The van der Waals surface area contributed by atoms with Gasteiger partial charge in [-0.15, -0.1) is 0 Å². The van der Waals surface area contributed by atoms with E-state index in [1.165, 1.54) is 32.1 Å². The van der Waals surface area contributed by atoms with Crippen LogP contribution in [0.15, 0.2) is 39.5 Å². The van der Waals surface area contributed by atoms with E-state index in [-0.39, 0.29) is 23.9 Å². The van der Waals surface area contributed by atoms with Crippen molar-refractivity contribution in [2.24, 2.45) is 0 Å². The van der Waals surface area contributed by atoms with Gasteiger partial charge in [-0.3, -0.25) is 4.79 Å². The Hall–Kier alpha value is -3.08. The zero-order chi connectivity index (χ0) is 24.4. The third-order valence-corrected chi connectivity index (χ3v) is 7.44. The van der Waals surface area contributed by atoms with E-state index in [4.69, 9.17) is 13.9 Å². The summed E-state index contributed by atoms with van der Waals surface area (Å²) >= 11 is 0. The van der Waals surface area contributed by atoms with E-state index >= 15 is 0 Å². The van der Waals surface area contributed by atoms with Crippen LogP contribution < -0.4 is 15.1 Å². The molecule has 1 aliphatic carbocycles. The Morgan fingerprint density at radius 2 is 1.71 bits per heavy atom. The lowest BCUT2D eigenvalue weighted by Gasteiger charge is -2.28. The number of carbonyl (C=O) groups is 1. The molecule has 1 unspecified atom stereocenters. The highest BCUT2D eigenvalue weighted by atomic mass is 16.5. The SMILES string of the molecule is CCCCCCCCOc1ccc(C2CC(=O)Oc3c2c(C)cc2oc(=O)c4c(c32)CCC4)cc1. The molecule has 5 rings (SSSR count). The molecule has 0 saturated heterocycles. The Morgan fingerprint density at radius 3 is 2.51 bits per heavy atom. The van der Waals surface area contributed by atoms with Crippen LogP contribution in [0, 0.1) is 6.92 Å². The maximum atomic E-state index is 12.7. The second-order valence-corrected chi connectivity index (χ2v) is 9.93. The van der Waals surface area contributed by atoms with Crippen molar-refractivity contribution in [2.45, 2.75) is 84.0 Å². The highest BCUT2D eigenvalue weighted by Crippen LogP contribution is 2.47. The van der Waals surface area contributed by atoms with Crippen LogP contribution in [-0.2, 0) is 17.6 Å². The fraction of sp³-hybridized carbons (Fsp3) is 0.467. The molecule has 0 saturated carbocycles. The molecular weight excluding hydrogens is 440 g/mol. The van der Waals surface area contributed by atoms with Crippen molar-refractivity contribution in [1.82, 2.24) is 0 Å². The van der Waals surface area contributed by atoms with Gasteiger partial charge < -0.3 is 13.9 Å². The van der Waals surface area contributed by atoms with Gasteiger partial charge >= 0.3 is 11.6 Å². The minimum Gasteiger partial charge on any atom is -0.494 e. The van der Waals surface area contributed by atoms with Crippen molar-refractivity contribution in [3.05, 3.63) is 68.6 Å². The summed E-state index contributed by atoms with van der Waals surface area (Å²) in [4.78, 5) is 25.2. The zero-order valence-corrected chi connectivity index (χ0v) is 20.8. The Kier molecular flexibility index (Phi) is 6.94. The van der Waals surface area contributed by atoms with Gasteiger partial charge in [-0.2, -0.15) is 0 Å². The van der Waals surface area contributed by atoms with Gasteiger partial charge in [-0.25, -0.2) is 4.79 Å². The molecule has 1 aliphatic heterocycles. The van der Waals surface area contributed by atoms with Gasteiger partial charge in [0, 0.05) is 17.0 Å². The van der Waals surface area contributed by atoms with Crippen molar-refractivity contribution >= 4 is 16.9 Å². The first-order valence-electron chi connectivity index (χ1n) is 13.1. The van der Waals surface area contributed by atoms with Crippen LogP contribution in [0.5, 0.6) is 11.5 Å². The molecule has 1 atom stereocenters. The molecule has 3 aromatic rings. The maximum Gasteiger partial charge on any atom is 0.339 e. The van der Waals surface area contributed by atoms with Crippen molar-refractivity contribution < 1.29 is 18.7 Å². The van der Waals surface area contributed by atoms with E-state index in [1.54, 1.807) is 0 Å². The van der Waals surface area contributed by atoms with E-state index in [0.717, 1.165) is 64.8 Å². The van der Waals surface area contributed by atoms with Crippen molar-refractivity contribution in [3.8, 4) is 11.5 Å². The number of ether oxygens (including phenoxy) is 2. The lowest BCUT2D eigenvalue weighted by Crippen LogP contribution is -2.23. The van der Waals surface area contributed by atoms with Gasteiger partial charge in [-0.05, 0) is 67.5 Å². The molecule has 35 heavy (non-hydrogen) atoms. The summed E-state index contributed by atoms with van der Waals surface area (Å²) in [6.45, 7) is 4.96. The summed E-state index contributed by atoms with van der Waals surface area (Å²) in [7, 11) is 0. The number of unbranched alkanes of at least 4 members (excludes halogenated alkanes) is 5. The van der Waals surface area contributed by atoms with Crippen molar-refractivity contribution in [3.63, 3.8) is 0 Å². The molecule has 184 valence electrons. The Bertz CT molecular complexity index is 1290. The molecule has 0 spiro atoms. The van der Waals surface area contributed by atoms with Crippen molar-refractivity contribution in [2.75, 3.05) is 6.61 Å². The van der Waals surface area contributed by atoms with Crippen LogP contribution in [0.25, 0.3) is 11.0 Å². The van der Waals surface area contributed by atoms with Gasteiger partial charge in [0.2, 0.25) is 0 Å². The zero-order valence-electron chi connectivity index (χ0n) is 20.8. The molecular formula is C30H34O5. The molecule has 5 nitrogen and oxygen atoms in total. The van der Waals surface area contributed by atoms with Gasteiger partial charge in [0.05, 0.1) is 18.4 Å². The van der Waals surface area contributed by atoms with E-state index in [1.807, 2.05) is 25.1 Å². The Morgan fingerprint density at radius 1 is 0.971 bits per heavy atom. The summed E-state index contributed by atoms with van der Waals surface area (Å²) in [5, 5.41) is 0.801. The fourth-order valence-electron chi connectivity index (χ4n) is 5.66. The number of rotatable bonds is 9. The number of aryl methyl sites for hydroxylation is 2. The largest absolute Gasteiger partial charge is 0.494 e. The van der Waals surface area contributed by atoms with Crippen LogP contribution in [0.4, 0.5) is 0 Å². The number of esters is 1. The Balaban J connectivity index is 1.40. The van der Waals surface area contributed by atoms with Gasteiger partial charge in [0.25, 0.3) is 0 Å². The smallest absolute Gasteiger partial charge is 0.339 e.